The smallest absolute Gasteiger partial charge is 0.260 e. The van der Waals surface area contributed by atoms with Gasteiger partial charge >= 0.3 is 0 Å². The number of hydrogen-bond donors (Lipinski definition) is 2. The Kier molecular flexibility index (Phi) is 3.23. The molecule has 0 saturated carbocycles. The minimum Gasteiger partial charge on any atom is -0.398 e. The number of hydrogen-bond acceptors (Lipinski definition) is 3. The summed E-state index contributed by atoms with van der Waals surface area (Å²) < 4.78 is 0. The minimum absolute atomic E-state index is 0.203. The van der Waals surface area contributed by atoms with Crippen LogP contribution < -0.4 is 11.1 Å². The van der Waals surface area contributed by atoms with E-state index >= 15 is 0 Å². The molecule has 4 heteroatoms. The van der Waals surface area contributed by atoms with Gasteiger partial charge in [-0.05, 0) is 12.1 Å². The number of carbonyl (C=O) groups excluding carboxylic acids is 2. The number of anilines is 1. The lowest BCUT2D eigenvalue weighted by Crippen LogP contribution is -2.30. The fourth-order valence-electron chi connectivity index (χ4n) is 0.924. The van der Waals surface area contributed by atoms with Crippen LogP contribution in [0.1, 0.15) is 23.7 Å². The third-order valence-corrected chi connectivity index (χ3v) is 1.69. The van der Waals surface area contributed by atoms with E-state index in [4.69, 9.17) is 5.73 Å². The molecule has 0 spiro atoms. The SMILES string of the molecule is CCC(=O)NC(=O)c1[c]cccc1N. The standard InChI is InChI=1S/C10H11N2O2/c1-2-9(13)12-10(14)7-5-3-4-6-8(7)11/h3-4,6H,2,11H2,1H3,(H,12,13,14). The second-order valence-corrected chi connectivity index (χ2v) is 2.73. The maximum Gasteiger partial charge on any atom is 0.260 e. The quantitative estimate of drug-likeness (QED) is 0.677. The number of nitrogen functional groups attached to an aromatic ring is 1. The molecule has 73 valence electrons. The van der Waals surface area contributed by atoms with Crippen LogP contribution in [0.2, 0.25) is 0 Å². The number of nitrogens with one attached hydrogen (secondary N) is 1. The van der Waals surface area contributed by atoms with Crippen molar-refractivity contribution in [1.82, 2.24) is 5.32 Å². The van der Waals surface area contributed by atoms with Crippen LogP contribution in [0, 0.1) is 6.07 Å². The van der Waals surface area contributed by atoms with E-state index in [0.717, 1.165) is 0 Å². The average Bonchev–Trinajstić information content (AvgIpc) is 2.18. The number of nitrogens with two attached hydrogens (primary N) is 1. The zero-order chi connectivity index (χ0) is 10.6. The monoisotopic (exact) mass is 191 g/mol. The average molecular weight is 191 g/mol. The van der Waals surface area contributed by atoms with Gasteiger partial charge in [-0.15, -0.1) is 0 Å². The summed E-state index contributed by atoms with van der Waals surface area (Å²) in [5, 5.41) is 2.20. The summed E-state index contributed by atoms with van der Waals surface area (Å²) in [5.74, 6) is -0.832. The largest absolute Gasteiger partial charge is 0.398 e. The van der Waals surface area contributed by atoms with Gasteiger partial charge in [0.05, 0.1) is 5.56 Å². The Morgan fingerprint density at radius 2 is 2.29 bits per heavy atom. The van der Waals surface area contributed by atoms with Crippen molar-refractivity contribution in [2.24, 2.45) is 0 Å². The van der Waals surface area contributed by atoms with Gasteiger partial charge in [0.15, 0.2) is 0 Å². The first-order valence-corrected chi connectivity index (χ1v) is 4.25. The molecule has 1 aromatic rings. The molecule has 0 bridgehead atoms. The van der Waals surface area contributed by atoms with E-state index in [1.54, 1.807) is 25.1 Å². The zero-order valence-electron chi connectivity index (χ0n) is 7.83. The van der Waals surface area contributed by atoms with Crippen LogP contribution in [-0.2, 0) is 4.79 Å². The van der Waals surface area contributed by atoms with Crippen LogP contribution in [0.4, 0.5) is 5.69 Å². The van der Waals surface area contributed by atoms with E-state index in [2.05, 4.69) is 11.4 Å². The Morgan fingerprint density at radius 1 is 1.57 bits per heavy atom. The van der Waals surface area contributed by atoms with Gasteiger partial charge in [-0.3, -0.25) is 14.9 Å². The maximum atomic E-state index is 11.4. The Bertz CT molecular complexity index is 361. The second-order valence-electron chi connectivity index (χ2n) is 2.73. The zero-order valence-corrected chi connectivity index (χ0v) is 7.83. The predicted octanol–water partition coefficient (Wildman–Crippen LogP) is 0.735. The molecule has 1 radical (unpaired) electrons. The first kappa shape index (κ1) is 10.2. The van der Waals surface area contributed by atoms with Crippen molar-refractivity contribution in [2.75, 3.05) is 5.73 Å². The van der Waals surface area contributed by atoms with Gasteiger partial charge in [0.2, 0.25) is 5.91 Å². The van der Waals surface area contributed by atoms with Crippen LogP contribution in [0.15, 0.2) is 18.2 Å². The molecule has 1 aromatic carbocycles. The molecule has 0 aliphatic rings. The number of imide groups is 1. The number of carbonyl (C=O) groups is 2. The predicted molar refractivity (Wildman–Crippen MR) is 52.5 cm³/mol. The lowest BCUT2D eigenvalue weighted by atomic mass is 10.1. The van der Waals surface area contributed by atoms with Crippen molar-refractivity contribution in [3.05, 3.63) is 29.8 Å². The van der Waals surface area contributed by atoms with Crippen molar-refractivity contribution in [2.45, 2.75) is 13.3 Å². The molecule has 0 aromatic heterocycles. The van der Waals surface area contributed by atoms with E-state index in [1.165, 1.54) is 0 Å². The van der Waals surface area contributed by atoms with Gasteiger partial charge in [0, 0.05) is 12.1 Å². The molecule has 0 unspecified atom stereocenters. The Hall–Kier alpha value is -1.84. The van der Waals surface area contributed by atoms with Crippen LogP contribution in [-0.4, -0.2) is 11.8 Å². The van der Waals surface area contributed by atoms with Crippen molar-refractivity contribution in [1.29, 1.82) is 0 Å². The second kappa shape index (κ2) is 4.41. The van der Waals surface area contributed by atoms with E-state index in [0.29, 0.717) is 5.69 Å². The fraction of sp³-hybridized carbons (Fsp3) is 0.200. The topological polar surface area (TPSA) is 72.2 Å². The molecule has 14 heavy (non-hydrogen) atoms. The van der Waals surface area contributed by atoms with Crippen molar-refractivity contribution in [3.63, 3.8) is 0 Å². The molecule has 0 atom stereocenters. The summed E-state index contributed by atoms with van der Waals surface area (Å²) in [6, 6.07) is 7.51. The summed E-state index contributed by atoms with van der Waals surface area (Å²) in [6.45, 7) is 1.67. The molecular formula is C10H11N2O2. The normalized spacial score (nSPS) is 9.50. The lowest BCUT2D eigenvalue weighted by Gasteiger charge is -2.04. The van der Waals surface area contributed by atoms with Crippen LogP contribution in [0.5, 0.6) is 0 Å². The third-order valence-electron chi connectivity index (χ3n) is 1.69. The van der Waals surface area contributed by atoms with Gasteiger partial charge in [0.25, 0.3) is 5.91 Å². The van der Waals surface area contributed by atoms with E-state index in [1.807, 2.05) is 0 Å². The lowest BCUT2D eigenvalue weighted by molar-refractivity contribution is -0.119. The van der Waals surface area contributed by atoms with E-state index in [-0.39, 0.29) is 17.9 Å². The maximum absolute atomic E-state index is 11.4. The van der Waals surface area contributed by atoms with Gasteiger partial charge < -0.3 is 5.73 Å². The molecule has 0 heterocycles. The van der Waals surface area contributed by atoms with Crippen molar-refractivity contribution < 1.29 is 9.59 Å². The molecule has 0 aliphatic carbocycles. The third kappa shape index (κ3) is 2.32. The summed E-state index contributed by atoms with van der Waals surface area (Å²) in [7, 11) is 0. The van der Waals surface area contributed by atoms with Gasteiger partial charge in [0.1, 0.15) is 0 Å². The molecule has 4 nitrogen and oxygen atoms in total. The highest BCUT2D eigenvalue weighted by Crippen LogP contribution is 2.08. The van der Waals surface area contributed by atoms with Crippen molar-refractivity contribution in [3.8, 4) is 0 Å². The molecular weight excluding hydrogens is 180 g/mol. The van der Waals surface area contributed by atoms with E-state index < -0.39 is 5.91 Å². The molecule has 2 amide bonds. The molecule has 0 aliphatic heterocycles. The summed E-state index contributed by atoms with van der Waals surface area (Å²) in [5.41, 5.74) is 6.05. The highest BCUT2D eigenvalue weighted by molar-refractivity contribution is 6.07. The Balaban J connectivity index is 2.80. The molecule has 3 N–H and O–H groups in total. The Labute approximate surface area is 82.1 Å². The minimum atomic E-state index is -0.505. The number of benzene rings is 1. The number of rotatable bonds is 2. The van der Waals surface area contributed by atoms with Crippen LogP contribution in [0.25, 0.3) is 0 Å². The number of amides is 2. The summed E-state index contributed by atoms with van der Waals surface area (Å²) in [6.07, 6.45) is 0.262. The molecule has 1 rings (SSSR count). The molecule has 0 fully saturated rings. The highest BCUT2D eigenvalue weighted by atomic mass is 16.2. The van der Waals surface area contributed by atoms with Crippen molar-refractivity contribution >= 4 is 17.5 Å². The van der Waals surface area contributed by atoms with Crippen LogP contribution >= 0.6 is 0 Å². The molecule has 0 saturated heterocycles. The van der Waals surface area contributed by atoms with Gasteiger partial charge in [-0.25, -0.2) is 0 Å². The first-order valence-electron chi connectivity index (χ1n) is 4.25. The van der Waals surface area contributed by atoms with Gasteiger partial charge in [-0.2, -0.15) is 0 Å². The summed E-state index contributed by atoms with van der Waals surface area (Å²) >= 11 is 0. The van der Waals surface area contributed by atoms with Gasteiger partial charge in [-0.1, -0.05) is 19.1 Å². The highest BCUT2D eigenvalue weighted by Gasteiger charge is 2.11. The summed E-state index contributed by atoms with van der Waals surface area (Å²) in [4.78, 5) is 22.3. The van der Waals surface area contributed by atoms with E-state index in [9.17, 15) is 9.59 Å². The fourth-order valence-corrected chi connectivity index (χ4v) is 0.924. The first-order chi connectivity index (χ1) is 6.65. The Morgan fingerprint density at radius 3 is 2.86 bits per heavy atom. The van der Waals surface area contributed by atoms with Crippen LogP contribution in [0.3, 0.4) is 0 Å².